The van der Waals surface area contributed by atoms with Crippen LogP contribution in [-0.4, -0.2) is 5.91 Å². The van der Waals surface area contributed by atoms with Crippen LogP contribution in [0.25, 0.3) is 11.6 Å². The fourth-order valence-corrected chi connectivity index (χ4v) is 2.86. The van der Waals surface area contributed by atoms with Crippen molar-refractivity contribution in [1.82, 2.24) is 0 Å². The first-order valence-corrected chi connectivity index (χ1v) is 8.97. The van der Waals surface area contributed by atoms with Crippen molar-refractivity contribution < 1.29 is 4.79 Å². The lowest BCUT2D eigenvalue weighted by molar-refractivity contribution is -0.111. The Bertz CT molecular complexity index is 914. The highest BCUT2D eigenvalue weighted by Crippen LogP contribution is 2.24. The predicted octanol–water partition coefficient (Wildman–Crippen LogP) is 6.08. The molecular formula is C23H20ClNO. The van der Waals surface area contributed by atoms with Gasteiger partial charge >= 0.3 is 0 Å². The summed E-state index contributed by atoms with van der Waals surface area (Å²) in [5.41, 5.74) is 4.23. The lowest BCUT2D eigenvalue weighted by atomic mass is 10.0. The molecule has 0 spiro atoms. The Morgan fingerprint density at radius 3 is 2.23 bits per heavy atom. The van der Waals surface area contributed by atoms with Crippen LogP contribution in [0.1, 0.15) is 23.6 Å². The summed E-state index contributed by atoms with van der Waals surface area (Å²) in [7, 11) is 0. The summed E-state index contributed by atoms with van der Waals surface area (Å²) >= 11 is 6.28. The lowest BCUT2D eigenvalue weighted by Gasteiger charge is -2.11. The standard InChI is InChI=1S/C23H20ClNO/c1-2-17-12-14-20(15-13-17)25-23(26)21(18-8-4-3-5-9-18)16-19-10-6-7-11-22(19)24/h3-16H,2H2,1H3,(H,25,26)/b21-16+. The van der Waals surface area contributed by atoms with Gasteiger partial charge in [0.25, 0.3) is 5.91 Å². The summed E-state index contributed by atoms with van der Waals surface area (Å²) < 4.78 is 0. The van der Waals surface area contributed by atoms with Gasteiger partial charge in [0.1, 0.15) is 0 Å². The highest BCUT2D eigenvalue weighted by molar-refractivity contribution is 6.34. The Morgan fingerprint density at radius 2 is 1.58 bits per heavy atom. The molecule has 1 N–H and O–H groups in total. The molecule has 130 valence electrons. The zero-order valence-electron chi connectivity index (χ0n) is 14.6. The first kappa shape index (κ1) is 18.0. The Hall–Kier alpha value is -2.84. The van der Waals surface area contributed by atoms with E-state index in [1.165, 1.54) is 5.56 Å². The normalized spacial score (nSPS) is 11.2. The number of hydrogen-bond donors (Lipinski definition) is 1. The SMILES string of the molecule is CCc1ccc(NC(=O)/C(=C/c2ccccc2Cl)c2ccccc2)cc1. The van der Waals surface area contributed by atoms with Gasteiger partial charge < -0.3 is 5.32 Å². The van der Waals surface area contributed by atoms with E-state index in [0.29, 0.717) is 10.6 Å². The second-order valence-corrected chi connectivity index (χ2v) is 6.36. The Balaban J connectivity index is 1.95. The van der Waals surface area contributed by atoms with Crippen molar-refractivity contribution in [2.45, 2.75) is 13.3 Å². The second kappa shape index (κ2) is 8.50. The van der Waals surface area contributed by atoms with Gasteiger partial charge in [-0.2, -0.15) is 0 Å². The van der Waals surface area contributed by atoms with Crippen LogP contribution < -0.4 is 5.32 Å². The number of rotatable bonds is 5. The van der Waals surface area contributed by atoms with Crippen molar-refractivity contribution >= 4 is 34.8 Å². The number of amides is 1. The first-order chi connectivity index (χ1) is 12.7. The largest absolute Gasteiger partial charge is 0.322 e. The van der Waals surface area contributed by atoms with Crippen LogP contribution in [0.15, 0.2) is 78.9 Å². The highest BCUT2D eigenvalue weighted by Gasteiger charge is 2.13. The van der Waals surface area contributed by atoms with Gasteiger partial charge in [-0.15, -0.1) is 0 Å². The number of aryl methyl sites for hydroxylation is 1. The quantitative estimate of drug-likeness (QED) is 0.433. The summed E-state index contributed by atoms with van der Waals surface area (Å²) in [6, 6.07) is 25.0. The molecule has 3 aromatic rings. The van der Waals surface area contributed by atoms with Crippen LogP contribution in [-0.2, 0) is 11.2 Å². The van der Waals surface area contributed by atoms with E-state index >= 15 is 0 Å². The van der Waals surface area contributed by atoms with Crippen LogP contribution in [0.4, 0.5) is 5.69 Å². The van der Waals surface area contributed by atoms with Gasteiger partial charge in [0.2, 0.25) is 0 Å². The first-order valence-electron chi connectivity index (χ1n) is 8.59. The molecule has 0 bridgehead atoms. The second-order valence-electron chi connectivity index (χ2n) is 5.95. The van der Waals surface area contributed by atoms with Crippen molar-refractivity contribution in [1.29, 1.82) is 0 Å². The zero-order valence-corrected chi connectivity index (χ0v) is 15.3. The minimum absolute atomic E-state index is 0.166. The van der Waals surface area contributed by atoms with Gasteiger partial charge in [0, 0.05) is 16.3 Å². The molecule has 3 rings (SSSR count). The molecule has 0 radical (unpaired) electrons. The van der Waals surface area contributed by atoms with E-state index < -0.39 is 0 Å². The smallest absolute Gasteiger partial charge is 0.256 e. The molecule has 3 heteroatoms. The Kier molecular flexibility index (Phi) is 5.88. The van der Waals surface area contributed by atoms with E-state index in [4.69, 9.17) is 11.6 Å². The van der Waals surface area contributed by atoms with Crippen molar-refractivity contribution in [2.24, 2.45) is 0 Å². The van der Waals surface area contributed by atoms with Gasteiger partial charge in [0.15, 0.2) is 0 Å². The lowest BCUT2D eigenvalue weighted by Crippen LogP contribution is -2.13. The van der Waals surface area contributed by atoms with Gasteiger partial charge in [-0.05, 0) is 47.4 Å². The summed E-state index contributed by atoms with van der Waals surface area (Å²) in [4.78, 5) is 13.0. The summed E-state index contributed by atoms with van der Waals surface area (Å²) in [6.07, 6.45) is 2.79. The minimum atomic E-state index is -0.166. The van der Waals surface area contributed by atoms with E-state index in [2.05, 4.69) is 12.2 Å². The summed E-state index contributed by atoms with van der Waals surface area (Å²) in [6.45, 7) is 2.10. The number of carbonyl (C=O) groups is 1. The molecule has 0 aliphatic carbocycles. The third kappa shape index (κ3) is 4.41. The van der Waals surface area contributed by atoms with Crippen LogP contribution in [0, 0.1) is 0 Å². The Morgan fingerprint density at radius 1 is 0.923 bits per heavy atom. The monoisotopic (exact) mass is 361 g/mol. The van der Waals surface area contributed by atoms with Crippen molar-refractivity contribution in [3.05, 3.63) is 101 Å². The molecule has 0 saturated carbocycles. The zero-order chi connectivity index (χ0) is 18.4. The Labute approximate surface area is 159 Å². The van der Waals surface area contributed by atoms with Gasteiger partial charge in [0.05, 0.1) is 0 Å². The maximum Gasteiger partial charge on any atom is 0.256 e. The van der Waals surface area contributed by atoms with E-state index in [0.717, 1.165) is 23.2 Å². The average molecular weight is 362 g/mol. The fourth-order valence-electron chi connectivity index (χ4n) is 2.67. The maximum atomic E-state index is 13.0. The van der Waals surface area contributed by atoms with Crippen molar-refractivity contribution in [2.75, 3.05) is 5.32 Å². The van der Waals surface area contributed by atoms with E-state index in [-0.39, 0.29) is 5.91 Å². The third-order valence-electron chi connectivity index (χ3n) is 4.15. The van der Waals surface area contributed by atoms with E-state index in [9.17, 15) is 4.79 Å². The molecule has 0 fully saturated rings. The van der Waals surface area contributed by atoms with Crippen LogP contribution in [0.2, 0.25) is 5.02 Å². The predicted molar refractivity (Wildman–Crippen MR) is 110 cm³/mol. The number of nitrogens with one attached hydrogen (secondary N) is 1. The summed E-state index contributed by atoms with van der Waals surface area (Å²) in [5, 5.41) is 3.59. The van der Waals surface area contributed by atoms with Crippen molar-refractivity contribution in [3.8, 4) is 0 Å². The number of hydrogen-bond acceptors (Lipinski definition) is 1. The van der Waals surface area contributed by atoms with Crippen LogP contribution in [0.5, 0.6) is 0 Å². The average Bonchev–Trinajstić information content (AvgIpc) is 2.68. The number of anilines is 1. The molecule has 0 aliphatic rings. The molecule has 0 heterocycles. The molecule has 0 saturated heterocycles. The number of carbonyl (C=O) groups excluding carboxylic acids is 1. The molecule has 0 aliphatic heterocycles. The molecule has 2 nitrogen and oxygen atoms in total. The molecule has 26 heavy (non-hydrogen) atoms. The van der Waals surface area contributed by atoms with Gasteiger partial charge in [-0.25, -0.2) is 0 Å². The van der Waals surface area contributed by atoms with Crippen LogP contribution in [0.3, 0.4) is 0 Å². The molecule has 0 aromatic heterocycles. The number of halogens is 1. The molecular weight excluding hydrogens is 342 g/mol. The maximum absolute atomic E-state index is 13.0. The highest BCUT2D eigenvalue weighted by atomic mass is 35.5. The van der Waals surface area contributed by atoms with Gasteiger partial charge in [-0.3, -0.25) is 4.79 Å². The topological polar surface area (TPSA) is 29.1 Å². The molecule has 0 atom stereocenters. The molecule has 3 aromatic carbocycles. The van der Waals surface area contributed by atoms with Crippen molar-refractivity contribution in [3.63, 3.8) is 0 Å². The summed E-state index contributed by atoms with van der Waals surface area (Å²) in [5.74, 6) is -0.166. The molecule has 1 amide bonds. The number of benzene rings is 3. The van der Waals surface area contributed by atoms with Crippen LogP contribution >= 0.6 is 11.6 Å². The third-order valence-corrected chi connectivity index (χ3v) is 4.50. The van der Waals surface area contributed by atoms with E-state index in [1.54, 1.807) is 0 Å². The van der Waals surface area contributed by atoms with E-state index in [1.807, 2.05) is 84.9 Å². The minimum Gasteiger partial charge on any atom is -0.322 e. The fraction of sp³-hybridized carbons (Fsp3) is 0.0870. The molecule has 0 unspecified atom stereocenters. The van der Waals surface area contributed by atoms with Gasteiger partial charge in [-0.1, -0.05) is 79.2 Å².